The van der Waals surface area contributed by atoms with Gasteiger partial charge in [-0.2, -0.15) is 4.98 Å². The van der Waals surface area contributed by atoms with Gasteiger partial charge < -0.3 is 4.52 Å². The molecule has 4 nitrogen and oxygen atoms in total. The molecule has 2 rings (SSSR count). The van der Waals surface area contributed by atoms with Crippen molar-refractivity contribution in [1.29, 1.82) is 0 Å². The van der Waals surface area contributed by atoms with E-state index in [1.807, 2.05) is 31.2 Å². The second kappa shape index (κ2) is 6.90. The molecule has 0 aliphatic heterocycles. The monoisotopic (exact) mass is 310 g/mol. The summed E-state index contributed by atoms with van der Waals surface area (Å²) in [6.45, 7) is 3.47. The van der Waals surface area contributed by atoms with Crippen LogP contribution in [0.4, 0.5) is 0 Å². The summed E-state index contributed by atoms with van der Waals surface area (Å²) in [6, 6.07) is 7.57. The molecule has 6 heteroatoms. The fraction of sp³-hybridized carbons (Fsp3) is 0.357. The van der Waals surface area contributed by atoms with Gasteiger partial charge >= 0.3 is 0 Å². The molecule has 0 N–H and O–H groups in total. The highest BCUT2D eigenvalue weighted by Crippen LogP contribution is 2.24. The van der Waals surface area contributed by atoms with Crippen molar-refractivity contribution < 1.29 is 9.32 Å². The average molecular weight is 311 g/mol. The Labute approximate surface area is 126 Å². The van der Waals surface area contributed by atoms with Gasteiger partial charge in [0, 0.05) is 9.92 Å². The van der Waals surface area contributed by atoms with E-state index < -0.39 is 0 Å². The third-order valence-corrected chi connectivity index (χ3v) is 4.12. The van der Waals surface area contributed by atoms with Crippen LogP contribution in [-0.4, -0.2) is 15.9 Å². The van der Waals surface area contributed by atoms with E-state index >= 15 is 0 Å². The molecule has 0 saturated carbocycles. The van der Waals surface area contributed by atoms with Gasteiger partial charge in [0.1, 0.15) is 5.78 Å². The minimum absolute atomic E-state index is 0.0491. The van der Waals surface area contributed by atoms with Gasteiger partial charge in [-0.25, -0.2) is 0 Å². The van der Waals surface area contributed by atoms with E-state index in [0.717, 1.165) is 4.90 Å². The van der Waals surface area contributed by atoms with Crippen LogP contribution in [0.25, 0.3) is 0 Å². The highest BCUT2D eigenvalue weighted by molar-refractivity contribution is 7.98. The third-order valence-electron chi connectivity index (χ3n) is 2.86. The van der Waals surface area contributed by atoms with Crippen molar-refractivity contribution in [3.8, 4) is 0 Å². The standard InChI is InChI=1S/C14H15ClN2O2S/c1-3-12(9(2)18)14-16-13(17-19-14)8-20-11-6-4-10(15)5-7-11/h4-7,12H,3,8H2,1-2H3. The van der Waals surface area contributed by atoms with Crippen LogP contribution in [0.5, 0.6) is 0 Å². The van der Waals surface area contributed by atoms with Gasteiger partial charge in [-0.1, -0.05) is 23.7 Å². The third kappa shape index (κ3) is 3.84. The molecule has 1 unspecified atom stereocenters. The summed E-state index contributed by atoms with van der Waals surface area (Å²) in [5, 5.41) is 4.63. The Morgan fingerprint density at radius 2 is 2.10 bits per heavy atom. The maximum absolute atomic E-state index is 11.5. The molecule has 1 atom stereocenters. The van der Waals surface area contributed by atoms with E-state index in [-0.39, 0.29) is 11.7 Å². The van der Waals surface area contributed by atoms with Gasteiger partial charge in [-0.3, -0.25) is 4.79 Å². The summed E-state index contributed by atoms with van der Waals surface area (Å²) in [4.78, 5) is 16.8. The molecule has 0 amide bonds. The number of ketones is 1. The Kier molecular flexibility index (Phi) is 5.20. The largest absolute Gasteiger partial charge is 0.339 e. The normalized spacial score (nSPS) is 12.3. The molecule has 0 aliphatic rings. The molecule has 1 aromatic carbocycles. The molecular weight excluding hydrogens is 296 g/mol. The van der Waals surface area contributed by atoms with E-state index in [1.165, 1.54) is 0 Å². The highest BCUT2D eigenvalue weighted by atomic mass is 35.5. The lowest BCUT2D eigenvalue weighted by atomic mass is 10.0. The topological polar surface area (TPSA) is 56.0 Å². The van der Waals surface area contributed by atoms with Gasteiger partial charge in [0.2, 0.25) is 5.89 Å². The first-order chi connectivity index (χ1) is 9.60. The lowest BCUT2D eigenvalue weighted by molar-refractivity contribution is -0.119. The molecule has 1 aromatic heterocycles. The van der Waals surface area contributed by atoms with Crippen molar-refractivity contribution in [1.82, 2.24) is 10.1 Å². The van der Waals surface area contributed by atoms with Crippen LogP contribution in [-0.2, 0) is 10.5 Å². The molecule has 20 heavy (non-hydrogen) atoms. The van der Waals surface area contributed by atoms with Crippen molar-refractivity contribution in [3.05, 3.63) is 41.0 Å². The summed E-state index contributed by atoms with van der Waals surface area (Å²) < 4.78 is 5.17. The van der Waals surface area contributed by atoms with Crippen molar-refractivity contribution in [2.24, 2.45) is 0 Å². The van der Waals surface area contributed by atoms with Crippen molar-refractivity contribution in [3.63, 3.8) is 0 Å². The summed E-state index contributed by atoms with van der Waals surface area (Å²) in [6.07, 6.45) is 0.668. The zero-order valence-electron chi connectivity index (χ0n) is 11.3. The Bertz CT molecular complexity index is 583. The fourth-order valence-corrected chi connectivity index (χ4v) is 2.65. The highest BCUT2D eigenvalue weighted by Gasteiger charge is 2.21. The molecule has 0 fully saturated rings. The SMILES string of the molecule is CCC(C(C)=O)c1nc(CSc2ccc(Cl)cc2)no1. The zero-order chi connectivity index (χ0) is 14.5. The van der Waals surface area contributed by atoms with Crippen LogP contribution < -0.4 is 0 Å². The average Bonchev–Trinajstić information content (AvgIpc) is 2.87. The Morgan fingerprint density at radius 1 is 1.40 bits per heavy atom. The van der Waals surface area contributed by atoms with Crippen LogP contribution in [0, 0.1) is 0 Å². The first kappa shape index (κ1) is 15.1. The number of halogens is 1. The molecule has 0 aliphatic carbocycles. The molecule has 0 radical (unpaired) electrons. The minimum Gasteiger partial charge on any atom is -0.339 e. The number of carbonyl (C=O) groups excluding carboxylic acids is 1. The predicted molar refractivity (Wildman–Crippen MR) is 79.0 cm³/mol. The van der Waals surface area contributed by atoms with Crippen molar-refractivity contribution in [2.45, 2.75) is 36.8 Å². The number of hydrogen-bond acceptors (Lipinski definition) is 5. The Morgan fingerprint density at radius 3 is 2.70 bits per heavy atom. The maximum atomic E-state index is 11.5. The van der Waals surface area contributed by atoms with Gasteiger partial charge in [-0.05, 0) is 37.6 Å². The number of rotatable bonds is 6. The summed E-state index contributed by atoms with van der Waals surface area (Å²) in [7, 11) is 0. The predicted octanol–water partition coefficient (Wildman–Crippen LogP) is 4.10. The van der Waals surface area contributed by atoms with E-state index in [2.05, 4.69) is 10.1 Å². The minimum atomic E-state index is -0.295. The summed E-state index contributed by atoms with van der Waals surface area (Å²) in [5.74, 6) is 1.36. The van der Waals surface area contributed by atoms with Gasteiger partial charge in [-0.15, -0.1) is 11.8 Å². The zero-order valence-corrected chi connectivity index (χ0v) is 12.9. The summed E-state index contributed by atoms with van der Waals surface area (Å²) >= 11 is 7.43. The van der Waals surface area contributed by atoms with E-state index in [4.69, 9.17) is 16.1 Å². The van der Waals surface area contributed by atoms with Gasteiger partial charge in [0.25, 0.3) is 0 Å². The second-order valence-electron chi connectivity index (χ2n) is 4.36. The smallest absolute Gasteiger partial charge is 0.237 e. The van der Waals surface area contributed by atoms with E-state index in [0.29, 0.717) is 28.9 Å². The molecule has 0 spiro atoms. The van der Waals surface area contributed by atoms with Gasteiger partial charge in [0.05, 0.1) is 11.7 Å². The second-order valence-corrected chi connectivity index (χ2v) is 5.85. The molecule has 0 bridgehead atoms. The molecule has 2 aromatic rings. The number of Topliss-reactive ketones (excluding diaryl/α,β-unsaturated/α-hetero) is 1. The van der Waals surface area contributed by atoms with Crippen molar-refractivity contribution >= 4 is 29.1 Å². The Balaban J connectivity index is 1.99. The number of carbonyl (C=O) groups is 1. The summed E-state index contributed by atoms with van der Waals surface area (Å²) in [5.41, 5.74) is 0. The van der Waals surface area contributed by atoms with Crippen LogP contribution >= 0.6 is 23.4 Å². The first-order valence-corrected chi connectivity index (χ1v) is 7.67. The van der Waals surface area contributed by atoms with Crippen molar-refractivity contribution in [2.75, 3.05) is 0 Å². The van der Waals surface area contributed by atoms with Crippen LogP contribution in [0.3, 0.4) is 0 Å². The van der Waals surface area contributed by atoms with E-state index in [1.54, 1.807) is 18.7 Å². The quantitative estimate of drug-likeness (QED) is 0.752. The number of thioether (sulfide) groups is 1. The number of benzene rings is 1. The van der Waals surface area contributed by atoms with Gasteiger partial charge in [0.15, 0.2) is 5.82 Å². The Hall–Kier alpha value is -1.33. The lowest BCUT2D eigenvalue weighted by Gasteiger charge is -2.03. The fourth-order valence-electron chi connectivity index (χ4n) is 1.78. The first-order valence-electron chi connectivity index (χ1n) is 6.31. The number of hydrogen-bond donors (Lipinski definition) is 0. The number of aromatic nitrogens is 2. The van der Waals surface area contributed by atoms with Crippen LogP contribution in [0.1, 0.15) is 37.9 Å². The molecule has 106 valence electrons. The molecular formula is C14H15ClN2O2S. The molecule has 0 saturated heterocycles. The maximum Gasteiger partial charge on any atom is 0.237 e. The van der Waals surface area contributed by atoms with Crippen LogP contribution in [0.15, 0.2) is 33.7 Å². The van der Waals surface area contributed by atoms with E-state index in [9.17, 15) is 4.79 Å². The van der Waals surface area contributed by atoms with Crippen LogP contribution in [0.2, 0.25) is 5.02 Å². The number of nitrogens with zero attached hydrogens (tertiary/aromatic N) is 2. The molecule has 1 heterocycles. The lowest BCUT2D eigenvalue weighted by Crippen LogP contribution is -2.07.